The Morgan fingerprint density at radius 1 is 1.02 bits per heavy atom. The summed E-state index contributed by atoms with van der Waals surface area (Å²) < 4.78 is 5.82. The summed E-state index contributed by atoms with van der Waals surface area (Å²) in [7, 11) is 2.07. The van der Waals surface area contributed by atoms with E-state index in [1.54, 1.807) is 29.8 Å². The number of carbonyl (C=O) groups excluding carboxylic acids is 1. The molecule has 0 spiro atoms. The maximum Gasteiger partial charge on any atom is 0.310 e. The smallest absolute Gasteiger partial charge is 0.310 e. The third-order valence-corrected chi connectivity index (χ3v) is 8.40. The summed E-state index contributed by atoms with van der Waals surface area (Å²) in [5.41, 5.74) is 2.64. The molecule has 0 saturated carbocycles. The molecule has 2 aliphatic rings. The van der Waals surface area contributed by atoms with Crippen LogP contribution in [0.4, 0.5) is 11.6 Å². The number of rotatable bonds is 9. The molecule has 0 aromatic carbocycles. The molecule has 0 aliphatic carbocycles. The number of aryl methyl sites for hydroxylation is 1. The van der Waals surface area contributed by atoms with E-state index in [-0.39, 0.29) is 18.0 Å². The van der Waals surface area contributed by atoms with Crippen molar-refractivity contribution < 1.29 is 9.53 Å². The quantitative estimate of drug-likeness (QED) is 0.288. The molecule has 218 valence electrons. The Bertz CT molecular complexity index is 1530. The van der Waals surface area contributed by atoms with Gasteiger partial charge in [0.25, 0.3) is 0 Å². The number of aromatic nitrogens is 6. The lowest BCUT2D eigenvalue weighted by Crippen LogP contribution is -2.40. The largest absolute Gasteiger partial charge is 0.461 e. The van der Waals surface area contributed by atoms with Crippen molar-refractivity contribution in [2.24, 2.45) is 5.92 Å². The molecule has 2 saturated heterocycles. The SMILES string of the molecule is Cc1cccc(-c2nccc(Nc3ccnc(Cc4nc(CN5CCC[C@@H](C(=O)O[C@H]6CCN(C)C6)C5)cs4)n3)n2)n1. The van der Waals surface area contributed by atoms with Gasteiger partial charge in [-0.3, -0.25) is 9.69 Å². The van der Waals surface area contributed by atoms with Crippen molar-refractivity contribution in [1.29, 1.82) is 0 Å². The Balaban J connectivity index is 1.04. The van der Waals surface area contributed by atoms with Gasteiger partial charge in [-0.05, 0) is 64.0 Å². The predicted octanol–water partition coefficient (Wildman–Crippen LogP) is 3.89. The third kappa shape index (κ3) is 7.30. The second-order valence-electron chi connectivity index (χ2n) is 11.0. The second-order valence-corrected chi connectivity index (χ2v) is 11.9. The van der Waals surface area contributed by atoms with Crippen molar-refractivity contribution in [1.82, 2.24) is 39.7 Å². The molecule has 0 bridgehead atoms. The fraction of sp³-hybridized carbons (Fsp3) is 0.433. The predicted molar refractivity (Wildman–Crippen MR) is 160 cm³/mol. The number of likely N-dealkylation sites (tertiary alicyclic amines) is 2. The lowest BCUT2D eigenvalue weighted by atomic mass is 9.98. The average Bonchev–Trinajstić information content (AvgIpc) is 3.61. The summed E-state index contributed by atoms with van der Waals surface area (Å²) in [4.78, 5) is 44.8. The lowest BCUT2D eigenvalue weighted by Gasteiger charge is -2.31. The number of pyridine rings is 1. The number of hydrogen-bond donors (Lipinski definition) is 1. The molecule has 12 heteroatoms. The highest BCUT2D eigenvalue weighted by Gasteiger charge is 2.31. The van der Waals surface area contributed by atoms with E-state index in [1.807, 2.05) is 31.2 Å². The van der Waals surface area contributed by atoms with Gasteiger partial charge in [0.15, 0.2) is 5.82 Å². The maximum absolute atomic E-state index is 12.8. The third-order valence-electron chi connectivity index (χ3n) is 7.50. The molecule has 0 radical (unpaired) electrons. The van der Waals surface area contributed by atoms with Crippen molar-refractivity contribution in [3.8, 4) is 11.5 Å². The lowest BCUT2D eigenvalue weighted by molar-refractivity contribution is -0.155. The first kappa shape index (κ1) is 28.3. The van der Waals surface area contributed by atoms with Crippen LogP contribution < -0.4 is 5.32 Å². The van der Waals surface area contributed by atoms with Gasteiger partial charge in [-0.2, -0.15) is 0 Å². The van der Waals surface area contributed by atoms with E-state index in [1.165, 1.54) is 0 Å². The van der Waals surface area contributed by atoms with Crippen LogP contribution in [0.25, 0.3) is 11.5 Å². The van der Waals surface area contributed by atoms with E-state index in [4.69, 9.17) is 9.72 Å². The van der Waals surface area contributed by atoms with Gasteiger partial charge in [0, 0.05) is 49.6 Å². The van der Waals surface area contributed by atoms with Crippen LogP contribution in [-0.4, -0.2) is 85.0 Å². The zero-order valence-corrected chi connectivity index (χ0v) is 24.8. The number of thiazole rings is 1. The highest BCUT2D eigenvalue weighted by Crippen LogP contribution is 2.23. The summed E-state index contributed by atoms with van der Waals surface area (Å²) in [5, 5.41) is 6.31. The number of nitrogens with one attached hydrogen (secondary N) is 1. The first-order valence-corrected chi connectivity index (χ1v) is 15.3. The zero-order valence-electron chi connectivity index (χ0n) is 23.9. The van der Waals surface area contributed by atoms with Crippen molar-refractivity contribution >= 4 is 28.9 Å². The van der Waals surface area contributed by atoms with E-state index in [0.29, 0.717) is 29.7 Å². The molecule has 2 aliphatic heterocycles. The van der Waals surface area contributed by atoms with Crippen LogP contribution in [0.2, 0.25) is 0 Å². The molecular weight excluding hydrogens is 550 g/mol. The minimum Gasteiger partial charge on any atom is -0.461 e. The van der Waals surface area contributed by atoms with Crippen LogP contribution in [0.15, 0.2) is 48.1 Å². The average molecular weight is 586 g/mol. The molecule has 4 aromatic rings. The van der Waals surface area contributed by atoms with Crippen molar-refractivity contribution in [3.05, 3.63) is 70.3 Å². The number of hydrogen-bond acceptors (Lipinski definition) is 12. The number of carbonyl (C=O) groups is 1. The molecule has 42 heavy (non-hydrogen) atoms. The maximum atomic E-state index is 12.8. The van der Waals surface area contributed by atoms with Crippen molar-refractivity contribution in [3.63, 3.8) is 0 Å². The van der Waals surface area contributed by atoms with E-state index < -0.39 is 0 Å². The number of likely N-dealkylation sites (N-methyl/N-ethyl adjacent to an activating group) is 1. The molecule has 1 N–H and O–H groups in total. The Morgan fingerprint density at radius 2 is 1.88 bits per heavy atom. The Labute approximate surface area is 249 Å². The highest BCUT2D eigenvalue weighted by molar-refractivity contribution is 7.09. The van der Waals surface area contributed by atoms with Crippen LogP contribution in [0, 0.1) is 12.8 Å². The summed E-state index contributed by atoms with van der Waals surface area (Å²) >= 11 is 1.61. The minimum atomic E-state index is -0.0644. The van der Waals surface area contributed by atoms with Gasteiger partial charge in [-0.25, -0.2) is 29.9 Å². The number of piperidine rings is 1. The fourth-order valence-electron chi connectivity index (χ4n) is 5.41. The summed E-state index contributed by atoms with van der Waals surface area (Å²) in [6.07, 6.45) is 6.81. The second kappa shape index (κ2) is 13.0. The van der Waals surface area contributed by atoms with Gasteiger partial charge < -0.3 is 15.0 Å². The van der Waals surface area contributed by atoms with Crippen LogP contribution in [0.5, 0.6) is 0 Å². The number of esters is 1. The van der Waals surface area contributed by atoms with E-state index in [0.717, 1.165) is 74.1 Å². The van der Waals surface area contributed by atoms with Crippen LogP contribution >= 0.6 is 11.3 Å². The topological polar surface area (TPSA) is 122 Å². The van der Waals surface area contributed by atoms with Crippen LogP contribution in [0.3, 0.4) is 0 Å². The molecule has 2 fully saturated rings. The minimum absolute atomic E-state index is 0.0317. The first-order chi connectivity index (χ1) is 20.5. The van der Waals surface area contributed by atoms with Gasteiger partial charge in [-0.1, -0.05) is 6.07 Å². The number of anilines is 2. The van der Waals surface area contributed by atoms with Gasteiger partial charge in [-0.15, -0.1) is 11.3 Å². The van der Waals surface area contributed by atoms with Crippen molar-refractivity contribution in [2.45, 2.75) is 45.3 Å². The van der Waals surface area contributed by atoms with Gasteiger partial charge in [0.1, 0.15) is 34.3 Å². The Morgan fingerprint density at radius 3 is 2.71 bits per heavy atom. The molecule has 6 rings (SSSR count). The van der Waals surface area contributed by atoms with E-state index in [9.17, 15) is 4.79 Å². The molecule has 0 unspecified atom stereocenters. The summed E-state index contributed by atoms with van der Waals surface area (Å²) in [6.45, 7) is 6.17. The van der Waals surface area contributed by atoms with Crippen molar-refractivity contribution in [2.75, 3.05) is 38.5 Å². The monoisotopic (exact) mass is 585 g/mol. The fourth-order valence-corrected chi connectivity index (χ4v) is 6.20. The number of nitrogens with zero attached hydrogens (tertiary/aromatic N) is 8. The van der Waals surface area contributed by atoms with Crippen LogP contribution in [-0.2, 0) is 22.5 Å². The number of ether oxygens (including phenoxy) is 1. The summed E-state index contributed by atoms with van der Waals surface area (Å²) in [5.74, 6) is 2.39. The van der Waals surface area contributed by atoms with Gasteiger partial charge in [0.05, 0.1) is 18.0 Å². The van der Waals surface area contributed by atoms with Gasteiger partial charge >= 0.3 is 5.97 Å². The molecule has 11 nitrogen and oxygen atoms in total. The standard InChI is InChI=1S/C30H35N9O2S/c1-20-5-3-7-24(33-20)29-32-12-9-26(37-29)35-25-8-11-31-27(36-25)15-28-34-22(19-42-28)17-39-13-4-6-21(16-39)30(40)41-23-10-14-38(2)18-23/h3,5,7-9,11-12,19,21,23H,4,6,10,13-18H2,1-2H3,(H,31,32,35,36,37)/t21-,23+/m1/s1. The zero-order chi connectivity index (χ0) is 28.9. The Kier molecular flexibility index (Phi) is 8.73. The molecule has 6 heterocycles. The molecule has 2 atom stereocenters. The van der Waals surface area contributed by atoms with E-state index in [2.05, 4.69) is 52.5 Å². The highest BCUT2D eigenvalue weighted by atomic mass is 32.1. The van der Waals surface area contributed by atoms with Gasteiger partial charge in [0.2, 0.25) is 0 Å². The Hall–Kier alpha value is -3.87. The normalized spacial score (nSPS) is 19.6. The summed E-state index contributed by atoms with van der Waals surface area (Å²) in [6, 6.07) is 9.39. The molecule has 4 aromatic heterocycles. The molecular formula is C30H35N9O2S. The first-order valence-electron chi connectivity index (χ1n) is 14.4. The van der Waals surface area contributed by atoms with Crippen LogP contribution in [0.1, 0.15) is 41.5 Å². The molecule has 0 amide bonds. The van der Waals surface area contributed by atoms with E-state index >= 15 is 0 Å².